The molecule has 2 aromatic heterocycles. The molecule has 0 aliphatic heterocycles. The van der Waals surface area contributed by atoms with Crippen LogP contribution in [0.2, 0.25) is 5.15 Å². The van der Waals surface area contributed by atoms with Crippen LogP contribution >= 0.6 is 11.6 Å². The first-order chi connectivity index (χ1) is 14.3. The van der Waals surface area contributed by atoms with Gasteiger partial charge in [0.15, 0.2) is 0 Å². The van der Waals surface area contributed by atoms with Crippen molar-refractivity contribution in [2.24, 2.45) is 0 Å². The molecule has 140 valence electrons. The second-order valence-corrected chi connectivity index (χ2v) is 7.25. The minimum atomic E-state index is -0.608. The summed E-state index contributed by atoms with van der Waals surface area (Å²) in [7, 11) is 0. The SMILES string of the molecule is Clc1ncnc2c1ccn2C(c1ccccc1)(c1ccccc1)c1ccccc1. The summed E-state index contributed by atoms with van der Waals surface area (Å²) >= 11 is 6.39. The molecule has 2 heterocycles. The van der Waals surface area contributed by atoms with Crippen LogP contribution < -0.4 is 0 Å². The molecule has 0 amide bonds. The van der Waals surface area contributed by atoms with Crippen LogP contribution in [-0.4, -0.2) is 14.5 Å². The third-order valence-corrected chi connectivity index (χ3v) is 5.67. The molecule has 0 unspecified atom stereocenters. The number of nitrogens with zero attached hydrogens (tertiary/aromatic N) is 3. The second kappa shape index (κ2) is 7.19. The number of rotatable bonds is 4. The molecule has 0 saturated carbocycles. The summed E-state index contributed by atoms with van der Waals surface area (Å²) in [4.78, 5) is 8.77. The van der Waals surface area contributed by atoms with Crippen LogP contribution in [-0.2, 0) is 5.54 Å². The molecule has 0 atom stereocenters. The van der Waals surface area contributed by atoms with Crippen molar-refractivity contribution >= 4 is 22.6 Å². The Bertz CT molecular complexity index is 1150. The lowest BCUT2D eigenvalue weighted by Crippen LogP contribution is -2.37. The van der Waals surface area contributed by atoms with Crippen LogP contribution in [0.3, 0.4) is 0 Å². The molecule has 0 aliphatic carbocycles. The topological polar surface area (TPSA) is 30.7 Å². The third kappa shape index (κ3) is 2.74. The number of fused-ring (bicyclic) bond motifs is 1. The number of hydrogen-bond donors (Lipinski definition) is 0. The first-order valence-electron chi connectivity index (χ1n) is 9.46. The van der Waals surface area contributed by atoms with Gasteiger partial charge in [-0.2, -0.15) is 0 Å². The van der Waals surface area contributed by atoms with E-state index in [1.54, 1.807) is 0 Å². The highest BCUT2D eigenvalue weighted by Gasteiger charge is 2.39. The van der Waals surface area contributed by atoms with Gasteiger partial charge in [-0.05, 0) is 22.8 Å². The quantitative estimate of drug-likeness (QED) is 0.279. The molecule has 29 heavy (non-hydrogen) atoms. The van der Waals surface area contributed by atoms with E-state index in [0.717, 1.165) is 27.7 Å². The summed E-state index contributed by atoms with van der Waals surface area (Å²) in [5.74, 6) is 0. The van der Waals surface area contributed by atoms with E-state index in [1.165, 1.54) is 6.33 Å². The molecule has 4 heteroatoms. The van der Waals surface area contributed by atoms with Gasteiger partial charge in [-0.3, -0.25) is 0 Å². The van der Waals surface area contributed by atoms with Crippen molar-refractivity contribution in [3.8, 4) is 0 Å². The molecule has 0 fully saturated rings. The molecule has 5 aromatic rings. The van der Waals surface area contributed by atoms with Crippen molar-refractivity contribution in [1.82, 2.24) is 14.5 Å². The van der Waals surface area contributed by atoms with Gasteiger partial charge in [0.2, 0.25) is 0 Å². The third-order valence-electron chi connectivity index (χ3n) is 5.37. The zero-order valence-electron chi connectivity index (χ0n) is 15.6. The molecule has 0 N–H and O–H groups in total. The van der Waals surface area contributed by atoms with Crippen molar-refractivity contribution in [2.75, 3.05) is 0 Å². The average molecular weight is 396 g/mol. The Morgan fingerprint density at radius 1 is 0.621 bits per heavy atom. The fourth-order valence-electron chi connectivity index (χ4n) is 4.15. The van der Waals surface area contributed by atoms with E-state index in [2.05, 4.69) is 93.5 Å². The normalized spacial score (nSPS) is 11.6. The van der Waals surface area contributed by atoms with E-state index < -0.39 is 5.54 Å². The largest absolute Gasteiger partial charge is 0.314 e. The maximum absolute atomic E-state index is 6.39. The van der Waals surface area contributed by atoms with E-state index in [-0.39, 0.29) is 0 Å². The highest BCUT2D eigenvalue weighted by atomic mass is 35.5. The fourth-order valence-corrected chi connectivity index (χ4v) is 4.34. The molecular formula is C25H18ClN3. The van der Waals surface area contributed by atoms with Crippen molar-refractivity contribution in [3.05, 3.63) is 131 Å². The van der Waals surface area contributed by atoms with Gasteiger partial charge in [0.1, 0.15) is 22.7 Å². The number of aromatic nitrogens is 3. The van der Waals surface area contributed by atoms with Crippen molar-refractivity contribution in [3.63, 3.8) is 0 Å². The second-order valence-electron chi connectivity index (χ2n) is 6.90. The smallest absolute Gasteiger partial charge is 0.146 e. The molecule has 0 aliphatic rings. The Labute approximate surface area is 174 Å². The van der Waals surface area contributed by atoms with Crippen LogP contribution in [0.1, 0.15) is 16.7 Å². The van der Waals surface area contributed by atoms with Crippen molar-refractivity contribution in [2.45, 2.75) is 5.54 Å². The number of benzene rings is 3. The van der Waals surface area contributed by atoms with Gasteiger partial charge in [0.25, 0.3) is 0 Å². The number of halogens is 1. The van der Waals surface area contributed by atoms with Crippen LogP contribution in [0.15, 0.2) is 110 Å². The van der Waals surface area contributed by atoms with Crippen LogP contribution in [0.5, 0.6) is 0 Å². The van der Waals surface area contributed by atoms with Crippen LogP contribution in [0.4, 0.5) is 0 Å². The molecule has 0 bridgehead atoms. The van der Waals surface area contributed by atoms with E-state index >= 15 is 0 Å². The van der Waals surface area contributed by atoms with Crippen molar-refractivity contribution < 1.29 is 0 Å². The van der Waals surface area contributed by atoms with Gasteiger partial charge in [0.05, 0.1) is 5.39 Å². The highest BCUT2D eigenvalue weighted by molar-refractivity contribution is 6.33. The average Bonchev–Trinajstić information content (AvgIpc) is 3.23. The highest BCUT2D eigenvalue weighted by Crippen LogP contribution is 2.42. The molecule has 3 nitrogen and oxygen atoms in total. The molecule has 5 rings (SSSR count). The fraction of sp³-hybridized carbons (Fsp3) is 0.0400. The molecule has 0 radical (unpaired) electrons. The van der Waals surface area contributed by atoms with E-state index in [4.69, 9.17) is 11.6 Å². The van der Waals surface area contributed by atoms with Crippen LogP contribution in [0.25, 0.3) is 11.0 Å². The lowest BCUT2D eigenvalue weighted by atomic mass is 9.76. The molecule has 0 spiro atoms. The monoisotopic (exact) mass is 395 g/mol. The lowest BCUT2D eigenvalue weighted by molar-refractivity contribution is 0.530. The van der Waals surface area contributed by atoms with E-state index in [9.17, 15) is 0 Å². The van der Waals surface area contributed by atoms with Gasteiger partial charge < -0.3 is 4.57 Å². The Morgan fingerprint density at radius 3 is 1.59 bits per heavy atom. The Kier molecular flexibility index (Phi) is 4.38. The first-order valence-corrected chi connectivity index (χ1v) is 9.84. The van der Waals surface area contributed by atoms with E-state index in [1.807, 2.05) is 24.3 Å². The van der Waals surface area contributed by atoms with Gasteiger partial charge >= 0.3 is 0 Å². The number of hydrogen-bond acceptors (Lipinski definition) is 2. The predicted octanol–water partition coefficient (Wildman–Crippen LogP) is 5.92. The maximum Gasteiger partial charge on any atom is 0.146 e. The summed E-state index contributed by atoms with van der Waals surface area (Å²) in [5, 5.41) is 1.29. The van der Waals surface area contributed by atoms with Gasteiger partial charge in [-0.15, -0.1) is 0 Å². The van der Waals surface area contributed by atoms with E-state index in [0.29, 0.717) is 5.15 Å². The zero-order valence-corrected chi connectivity index (χ0v) is 16.4. The van der Waals surface area contributed by atoms with Crippen LogP contribution in [0, 0.1) is 0 Å². The summed E-state index contributed by atoms with van der Waals surface area (Å²) in [6.07, 6.45) is 3.57. The summed E-state index contributed by atoms with van der Waals surface area (Å²) < 4.78 is 2.20. The van der Waals surface area contributed by atoms with Gasteiger partial charge in [-0.25, -0.2) is 9.97 Å². The lowest BCUT2D eigenvalue weighted by Gasteiger charge is -2.38. The summed E-state index contributed by atoms with van der Waals surface area (Å²) in [6.45, 7) is 0. The zero-order chi connectivity index (χ0) is 19.7. The van der Waals surface area contributed by atoms with Crippen molar-refractivity contribution in [1.29, 1.82) is 0 Å². The molecule has 3 aromatic carbocycles. The Balaban J connectivity index is 1.97. The standard InChI is InChI=1S/C25H18ClN3/c26-23-22-16-17-29(24(22)28-18-27-23)25(19-10-4-1-5-11-19,20-12-6-2-7-13-20)21-14-8-3-9-15-21/h1-18H. The minimum Gasteiger partial charge on any atom is -0.314 e. The molecular weight excluding hydrogens is 378 g/mol. The van der Waals surface area contributed by atoms with Gasteiger partial charge in [-0.1, -0.05) is 103 Å². The first kappa shape index (κ1) is 17.7. The summed E-state index contributed by atoms with van der Waals surface area (Å²) in [6, 6.07) is 33.5. The minimum absolute atomic E-state index is 0.455. The Morgan fingerprint density at radius 2 is 1.10 bits per heavy atom. The Hall–Kier alpha value is -3.43. The summed E-state index contributed by atoms with van der Waals surface area (Å²) in [5.41, 5.74) is 3.61. The van der Waals surface area contributed by atoms with Gasteiger partial charge in [0, 0.05) is 6.20 Å². The predicted molar refractivity (Wildman–Crippen MR) is 117 cm³/mol. The maximum atomic E-state index is 6.39. The molecule has 0 saturated heterocycles.